The van der Waals surface area contributed by atoms with E-state index in [1.807, 2.05) is 79.3 Å². The highest BCUT2D eigenvalue weighted by molar-refractivity contribution is 5.90. The van der Waals surface area contributed by atoms with Crippen LogP contribution in [0.5, 0.6) is 11.5 Å². The van der Waals surface area contributed by atoms with E-state index in [1.54, 1.807) is 6.33 Å². The second kappa shape index (κ2) is 9.71. The third-order valence-electron chi connectivity index (χ3n) is 5.44. The molecule has 0 bridgehead atoms. The van der Waals surface area contributed by atoms with Gasteiger partial charge in [0.15, 0.2) is 5.65 Å². The SMILES string of the molecule is CC.CN1CCC(Cn2nc(-c3ccc(Oc4ccccc4)cc3)c3cncnc32)C1. The largest absolute Gasteiger partial charge is 0.457 e. The molecule has 0 spiro atoms. The fourth-order valence-corrected chi connectivity index (χ4v) is 3.98. The van der Waals surface area contributed by atoms with Gasteiger partial charge in [-0.15, -0.1) is 0 Å². The standard InChI is InChI=1S/C23H23N5O.C2H6/c1-27-12-11-17(14-27)15-28-23-21(13-24-16-25-23)22(26-28)18-7-9-20(10-8-18)29-19-5-3-2-4-6-19;1-2/h2-10,13,16-17H,11-12,14-15H2,1H3;1-2H3. The lowest BCUT2D eigenvalue weighted by Crippen LogP contribution is -2.17. The summed E-state index contributed by atoms with van der Waals surface area (Å²) in [5, 5.41) is 5.90. The van der Waals surface area contributed by atoms with E-state index in [2.05, 4.69) is 21.9 Å². The first-order chi connectivity index (χ1) is 15.3. The summed E-state index contributed by atoms with van der Waals surface area (Å²) in [6.45, 7) is 7.13. The Morgan fingerprint density at radius 1 is 1.00 bits per heavy atom. The van der Waals surface area contributed by atoms with Crippen molar-refractivity contribution in [2.45, 2.75) is 26.8 Å². The molecule has 1 atom stereocenters. The Morgan fingerprint density at radius 3 is 2.45 bits per heavy atom. The minimum Gasteiger partial charge on any atom is -0.457 e. The van der Waals surface area contributed by atoms with E-state index in [4.69, 9.17) is 9.84 Å². The van der Waals surface area contributed by atoms with Crippen molar-refractivity contribution in [3.8, 4) is 22.8 Å². The first kappa shape index (κ1) is 21.0. The van der Waals surface area contributed by atoms with Crippen molar-refractivity contribution in [3.63, 3.8) is 0 Å². The first-order valence-corrected chi connectivity index (χ1v) is 10.9. The highest BCUT2D eigenvalue weighted by Gasteiger charge is 2.22. The van der Waals surface area contributed by atoms with Crippen LogP contribution in [-0.2, 0) is 6.54 Å². The quantitative estimate of drug-likeness (QED) is 0.445. The molecule has 1 fully saturated rings. The molecule has 0 aliphatic carbocycles. The molecular weight excluding hydrogens is 386 g/mol. The number of para-hydroxylation sites is 1. The van der Waals surface area contributed by atoms with Crippen LogP contribution in [0.3, 0.4) is 0 Å². The van der Waals surface area contributed by atoms with Crippen molar-refractivity contribution >= 4 is 11.0 Å². The lowest BCUT2D eigenvalue weighted by atomic mass is 10.1. The number of fused-ring (bicyclic) bond motifs is 1. The summed E-state index contributed by atoms with van der Waals surface area (Å²) in [5.74, 6) is 2.23. The van der Waals surface area contributed by atoms with E-state index >= 15 is 0 Å². The fourth-order valence-electron chi connectivity index (χ4n) is 3.98. The molecule has 2 aromatic carbocycles. The van der Waals surface area contributed by atoms with Crippen LogP contribution in [0.1, 0.15) is 20.3 Å². The number of nitrogens with zero attached hydrogens (tertiary/aromatic N) is 5. The first-order valence-electron chi connectivity index (χ1n) is 10.9. The Hall–Kier alpha value is -3.25. The number of likely N-dealkylation sites (tertiary alicyclic amines) is 1. The maximum Gasteiger partial charge on any atom is 0.161 e. The van der Waals surface area contributed by atoms with Gasteiger partial charge in [0, 0.05) is 24.8 Å². The summed E-state index contributed by atoms with van der Waals surface area (Å²) in [6, 6.07) is 17.8. The molecule has 5 rings (SSSR count). The third kappa shape index (κ3) is 4.75. The molecule has 1 unspecified atom stereocenters. The van der Waals surface area contributed by atoms with Crippen molar-refractivity contribution in [1.29, 1.82) is 0 Å². The number of hydrogen-bond acceptors (Lipinski definition) is 5. The van der Waals surface area contributed by atoms with Gasteiger partial charge in [-0.3, -0.25) is 0 Å². The molecule has 1 saturated heterocycles. The van der Waals surface area contributed by atoms with Gasteiger partial charge < -0.3 is 9.64 Å². The molecule has 4 aromatic rings. The number of hydrogen-bond donors (Lipinski definition) is 0. The summed E-state index contributed by atoms with van der Waals surface area (Å²) < 4.78 is 7.95. The van der Waals surface area contributed by atoms with Crippen LogP contribution in [0.4, 0.5) is 0 Å². The number of ether oxygens (including phenoxy) is 1. The van der Waals surface area contributed by atoms with E-state index in [9.17, 15) is 0 Å². The van der Waals surface area contributed by atoms with Crippen LogP contribution in [0.2, 0.25) is 0 Å². The Kier molecular flexibility index (Phi) is 6.57. The number of aromatic nitrogens is 4. The summed E-state index contributed by atoms with van der Waals surface area (Å²) in [7, 11) is 2.17. The van der Waals surface area contributed by atoms with Gasteiger partial charge in [-0.2, -0.15) is 5.10 Å². The third-order valence-corrected chi connectivity index (χ3v) is 5.44. The fraction of sp³-hybridized carbons (Fsp3) is 0.320. The molecule has 6 heteroatoms. The molecule has 3 heterocycles. The second-order valence-electron chi connectivity index (χ2n) is 7.65. The van der Waals surface area contributed by atoms with Crippen molar-refractivity contribution in [2.75, 3.05) is 20.1 Å². The van der Waals surface area contributed by atoms with Crippen molar-refractivity contribution < 1.29 is 4.74 Å². The molecule has 31 heavy (non-hydrogen) atoms. The van der Waals surface area contributed by atoms with Crippen molar-refractivity contribution in [2.24, 2.45) is 5.92 Å². The minimum atomic E-state index is 0.604. The molecule has 160 valence electrons. The average Bonchev–Trinajstić information content (AvgIpc) is 3.40. The van der Waals surface area contributed by atoms with E-state index in [0.29, 0.717) is 5.92 Å². The van der Waals surface area contributed by atoms with E-state index < -0.39 is 0 Å². The van der Waals surface area contributed by atoms with Gasteiger partial charge in [0.05, 0.1) is 5.39 Å². The molecular formula is C25H29N5O. The number of benzene rings is 2. The average molecular weight is 416 g/mol. The van der Waals surface area contributed by atoms with Gasteiger partial charge in [-0.25, -0.2) is 14.6 Å². The normalized spacial score (nSPS) is 16.2. The van der Waals surface area contributed by atoms with Crippen molar-refractivity contribution in [1.82, 2.24) is 24.6 Å². The minimum absolute atomic E-state index is 0.604. The monoisotopic (exact) mass is 415 g/mol. The molecule has 2 aromatic heterocycles. The summed E-state index contributed by atoms with van der Waals surface area (Å²) >= 11 is 0. The van der Waals surface area contributed by atoms with E-state index in [1.165, 1.54) is 6.42 Å². The smallest absolute Gasteiger partial charge is 0.161 e. The van der Waals surface area contributed by atoms with Crippen LogP contribution in [0, 0.1) is 5.92 Å². The highest BCUT2D eigenvalue weighted by Crippen LogP contribution is 2.30. The van der Waals surface area contributed by atoms with Crippen LogP contribution in [-0.4, -0.2) is 44.8 Å². The Morgan fingerprint density at radius 2 is 1.74 bits per heavy atom. The molecule has 0 amide bonds. The van der Waals surface area contributed by atoms with Gasteiger partial charge in [0.1, 0.15) is 23.5 Å². The zero-order chi connectivity index (χ0) is 21.6. The molecule has 0 radical (unpaired) electrons. The lowest BCUT2D eigenvalue weighted by Gasteiger charge is -2.10. The van der Waals surface area contributed by atoms with Gasteiger partial charge >= 0.3 is 0 Å². The number of rotatable bonds is 5. The lowest BCUT2D eigenvalue weighted by molar-refractivity contribution is 0.372. The predicted molar refractivity (Wildman–Crippen MR) is 124 cm³/mol. The molecule has 0 saturated carbocycles. The van der Waals surface area contributed by atoms with Crippen LogP contribution < -0.4 is 4.74 Å². The predicted octanol–water partition coefficient (Wildman–Crippen LogP) is 5.26. The van der Waals surface area contributed by atoms with Crippen LogP contribution in [0.15, 0.2) is 67.1 Å². The van der Waals surface area contributed by atoms with Crippen molar-refractivity contribution in [3.05, 3.63) is 67.1 Å². The molecule has 6 nitrogen and oxygen atoms in total. The van der Waals surface area contributed by atoms with E-state index in [0.717, 1.165) is 53.4 Å². The van der Waals surface area contributed by atoms with Gasteiger partial charge in [-0.05, 0) is 62.3 Å². The Bertz CT molecular complexity index is 1110. The van der Waals surface area contributed by atoms with Crippen LogP contribution in [0.25, 0.3) is 22.3 Å². The molecule has 1 aliphatic heterocycles. The topological polar surface area (TPSA) is 56.1 Å². The summed E-state index contributed by atoms with van der Waals surface area (Å²) in [4.78, 5) is 11.1. The zero-order valence-electron chi connectivity index (χ0n) is 18.4. The van der Waals surface area contributed by atoms with Gasteiger partial charge in [0.2, 0.25) is 0 Å². The molecule has 1 aliphatic rings. The Balaban J connectivity index is 0.00000112. The highest BCUT2D eigenvalue weighted by atomic mass is 16.5. The summed E-state index contributed by atoms with van der Waals surface area (Å²) in [6.07, 6.45) is 4.65. The van der Waals surface area contributed by atoms with Gasteiger partial charge in [-0.1, -0.05) is 32.0 Å². The maximum atomic E-state index is 5.91. The molecule has 0 N–H and O–H groups in total. The summed E-state index contributed by atoms with van der Waals surface area (Å²) in [5.41, 5.74) is 2.85. The van der Waals surface area contributed by atoms with Crippen LogP contribution >= 0.6 is 0 Å². The van der Waals surface area contributed by atoms with Gasteiger partial charge in [0.25, 0.3) is 0 Å². The Labute approximate surface area is 183 Å². The maximum absolute atomic E-state index is 5.91. The van der Waals surface area contributed by atoms with E-state index in [-0.39, 0.29) is 0 Å². The second-order valence-corrected chi connectivity index (χ2v) is 7.65. The zero-order valence-corrected chi connectivity index (χ0v) is 18.4.